The molecule has 2 heteroatoms. The molecule has 0 aromatic rings. The van der Waals surface area contributed by atoms with E-state index in [4.69, 9.17) is 0 Å². The normalized spacial score (nSPS) is 23.6. The predicted octanol–water partition coefficient (Wildman–Crippen LogP) is 3.84. The van der Waals surface area contributed by atoms with Gasteiger partial charge >= 0.3 is 0 Å². The van der Waals surface area contributed by atoms with E-state index >= 15 is 0 Å². The van der Waals surface area contributed by atoms with Gasteiger partial charge in [-0.3, -0.25) is 0 Å². The van der Waals surface area contributed by atoms with E-state index in [0.29, 0.717) is 5.41 Å². The quantitative estimate of drug-likeness (QED) is 0.694. The molecule has 0 amide bonds. The second-order valence-corrected chi connectivity index (χ2v) is 5.83. The number of likely N-dealkylation sites (tertiary alicyclic amines) is 1. The lowest BCUT2D eigenvalue weighted by molar-refractivity contribution is 0.107. The lowest BCUT2D eigenvalue weighted by Gasteiger charge is -2.40. The maximum atomic E-state index is 4.58. The molecular formula is C14H29NS. The summed E-state index contributed by atoms with van der Waals surface area (Å²) in [7, 11) is 0. The molecule has 0 aliphatic carbocycles. The van der Waals surface area contributed by atoms with Crippen molar-refractivity contribution in [1.29, 1.82) is 0 Å². The van der Waals surface area contributed by atoms with Crippen LogP contribution < -0.4 is 0 Å². The molecule has 1 aliphatic rings. The average Bonchev–Trinajstić information content (AvgIpc) is 2.36. The van der Waals surface area contributed by atoms with Crippen LogP contribution in [0.25, 0.3) is 0 Å². The van der Waals surface area contributed by atoms with E-state index in [9.17, 15) is 0 Å². The van der Waals surface area contributed by atoms with Crippen LogP contribution in [0.1, 0.15) is 52.9 Å². The average molecular weight is 243 g/mol. The highest BCUT2D eigenvalue weighted by molar-refractivity contribution is 7.80. The summed E-state index contributed by atoms with van der Waals surface area (Å²) in [5.74, 6) is 1.98. The van der Waals surface area contributed by atoms with E-state index in [2.05, 4.69) is 38.3 Å². The van der Waals surface area contributed by atoms with Gasteiger partial charge < -0.3 is 4.90 Å². The summed E-state index contributed by atoms with van der Waals surface area (Å²) in [6.07, 6.45) is 6.72. The molecule has 0 radical (unpaired) electrons. The number of nitrogens with zero attached hydrogens (tertiary/aromatic N) is 1. The molecule has 1 heterocycles. The van der Waals surface area contributed by atoms with Crippen LogP contribution >= 0.6 is 12.6 Å². The first kappa shape index (κ1) is 14.4. The SMILES string of the molecule is CCC1CCCN(CC(CC)(CC)CS)C1. The summed E-state index contributed by atoms with van der Waals surface area (Å²) in [5, 5.41) is 0. The van der Waals surface area contributed by atoms with E-state index in [0.717, 1.165) is 11.7 Å². The molecule has 96 valence electrons. The first-order valence-corrected chi connectivity index (χ1v) is 7.66. The van der Waals surface area contributed by atoms with Crippen molar-refractivity contribution in [3.8, 4) is 0 Å². The van der Waals surface area contributed by atoms with Gasteiger partial charge in [-0.2, -0.15) is 12.6 Å². The lowest BCUT2D eigenvalue weighted by atomic mass is 9.82. The van der Waals surface area contributed by atoms with E-state index in [-0.39, 0.29) is 0 Å². The predicted molar refractivity (Wildman–Crippen MR) is 76.3 cm³/mol. The minimum Gasteiger partial charge on any atom is -0.302 e. The maximum Gasteiger partial charge on any atom is 0.00457 e. The molecule has 16 heavy (non-hydrogen) atoms. The summed E-state index contributed by atoms with van der Waals surface area (Å²) >= 11 is 4.58. The Morgan fingerprint density at radius 3 is 2.44 bits per heavy atom. The Labute approximate surface area is 107 Å². The minimum atomic E-state index is 0.457. The van der Waals surface area contributed by atoms with Crippen LogP contribution in [0.15, 0.2) is 0 Å². The van der Waals surface area contributed by atoms with Crippen molar-refractivity contribution in [2.75, 3.05) is 25.4 Å². The Hall–Kier alpha value is 0.310. The van der Waals surface area contributed by atoms with Crippen molar-refractivity contribution in [2.45, 2.75) is 52.9 Å². The van der Waals surface area contributed by atoms with Crippen LogP contribution in [0.5, 0.6) is 0 Å². The van der Waals surface area contributed by atoms with Gasteiger partial charge in [-0.1, -0.05) is 27.2 Å². The monoisotopic (exact) mass is 243 g/mol. The summed E-state index contributed by atoms with van der Waals surface area (Å²) in [6.45, 7) is 10.9. The molecule has 1 nitrogen and oxygen atoms in total. The van der Waals surface area contributed by atoms with E-state index < -0.39 is 0 Å². The zero-order valence-electron chi connectivity index (χ0n) is 11.3. The van der Waals surface area contributed by atoms with E-state index in [1.54, 1.807) is 0 Å². The highest BCUT2D eigenvalue weighted by Gasteiger charge is 2.29. The fraction of sp³-hybridized carbons (Fsp3) is 1.00. The lowest BCUT2D eigenvalue weighted by Crippen LogP contribution is -2.43. The van der Waals surface area contributed by atoms with Gasteiger partial charge in [0.1, 0.15) is 0 Å². The fourth-order valence-corrected chi connectivity index (χ4v) is 3.40. The highest BCUT2D eigenvalue weighted by Crippen LogP contribution is 2.31. The van der Waals surface area contributed by atoms with Crippen molar-refractivity contribution < 1.29 is 0 Å². The smallest absolute Gasteiger partial charge is 0.00457 e. The molecule has 1 rings (SSSR count). The third kappa shape index (κ3) is 3.66. The largest absolute Gasteiger partial charge is 0.302 e. The Balaban J connectivity index is 2.50. The maximum absolute atomic E-state index is 4.58. The number of piperidine rings is 1. The topological polar surface area (TPSA) is 3.24 Å². The van der Waals surface area contributed by atoms with Crippen LogP contribution in [0, 0.1) is 11.3 Å². The van der Waals surface area contributed by atoms with Gasteiger partial charge in [-0.25, -0.2) is 0 Å². The Morgan fingerprint density at radius 2 is 1.94 bits per heavy atom. The molecule has 0 saturated carbocycles. The molecule has 1 unspecified atom stereocenters. The number of hydrogen-bond acceptors (Lipinski definition) is 2. The van der Waals surface area contributed by atoms with Crippen molar-refractivity contribution >= 4 is 12.6 Å². The second kappa shape index (κ2) is 6.90. The third-order valence-corrected chi connectivity index (χ3v) is 5.25. The van der Waals surface area contributed by atoms with Crippen molar-refractivity contribution in [1.82, 2.24) is 4.90 Å². The first-order chi connectivity index (χ1) is 7.69. The van der Waals surface area contributed by atoms with Crippen LogP contribution in [0.4, 0.5) is 0 Å². The molecule has 0 N–H and O–H groups in total. The minimum absolute atomic E-state index is 0.457. The van der Waals surface area contributed by atoms with Gasteiger partial charge in [-0.15, -0.1) is 0 Å². The van der Waals surface area contributed by atoms with Crippen LogP contribution in [-0.2, 0) is 0 Å². The summed E-state index contributed by atoms with van der Waals surface area (Å²) in [5.41, 5.74) is 0.457. The van der Waals surface area contributed by atoms with Crippen molar-refractivity contribution in [2.24, 2.45) is 11.3 Å². The molecular weight excluding hydrogens is 214 g/mol. The number of thiol groups is 1. The van der Waals surface area contributed by atoms with Crippen LogP contribution in [0.2, 0.25) is 0 Å². The molecule has 0 aromatic heterocycles. The highest BCUT2D eigenvalue weighted by atomic mass is 32.1. The third-order valence-electron chi connectivity index (χ3n) is 4.57. The summed E-state index contributed by atoms with van der Waals surface area (Å²) in [4.78, 5) is 2.70. The molecule has 1 atom stereocenters. The first-order valence-electron chi connectivity index (χ1n) is 7.03. The molecule has 1 fully saturated rings. The van der Waals surface area contributed by atoms with Crippen LogP contribution in [0.3, 0.4) is 0 Å². The standard InChI is InChI=1S/C14H29NS/c1-4-13-8-7-9-15(10-13)11-14(5-2,6-3)12-16/h13,16H,4-12H2,1-3H3. The molecule has 0 aromatic carbocycles. The Kier molecular flexibility index (Phi) is 6.20. The Morgan fingerprint density at radius 1 is 1.25 bits per heavy atom. The van der Waals surface area contributed by atoms with Gasteiger partial charge in [0, 0.05) is 13.1 Å². The number of hydrogen-bond donors (Lipinski definition) is 1. The molecule has 0 bridgehead atoms. The zero-order chi connectivity index (χ0) is 12.0. The van der Waals surface area contributed by atoms with E-state index in [1.807, 2.05) is 0 Å². The van der Waals surface area contributed by atoms with E-state index in [1.165, 1.54) is 51.7 Å². The van der Waals surface area contributed by atoms with Crippen LogP contribution in [-0.4, -0.2) is 30.3 Å². The Bertz CT molecular complexity index is 181. The summed E-state index contributed by atoms with van der Waals surface area (Å²) < 4.78 is 0. The van der Waals surface area contributed by atoms with Gasteiger partial charge in [0.2, 0.25) is 0 Å². The van der Waals surface area contributed by atoms with Crippen molar-refractivity contribution in [3.63, 3.8) is 0 Å². The van der Waals surface area contributed by atoms with Gasteiger partial charge in [0.15, 0.2) is 0 Å². The molecule has 1 aliphatic heterocycles. The molecule has 0 spiro atoms. The second-order valence-electron chi connectivity index (χ2n) is 5.52. The number of rotatable bonds is 6. The summed E-state index contributed by atoms with van der Waals surface area (Å²) in [6, 6.07) is 0. The zero-order valence-corrected chi connectivity index (χ0v) is 12.2. The molecule has 1 saturated heterocycles. The fourth-order valence-electron chi connectivity index (χ4n) is 2.85. The van der Waals surface area contributed by atoms with Gasteiger partial charge in [0.05, 0.1) is 0 Å². The van der Waals surface area contributed by atoms with Gasteiger partial charge in [-0.05, 0) is 49.3 Å². The van der Waals surface area contributed by atoms with Crippen molar-refractivity contribution in [3.05, 3.63) is 0 Å². The van der Waals surface area contributed by atoms with Gasteiger partial charge in [0.25, 0.3) is 0 Å².